The number of fused-ring (bicyclic) bond motifs is 1. The number of aromatic carboxylic acids is 1. The standard InChI is InChI=1S/C13H10ClFN2O3/c14-8-2-1-3-10(11(8)15)17-9-4-5-20-6-7(9)12(16-17)13(18)19/h1-3H,4-6H2,(H,18,19). The van der Waals surface area contributed by atoms with Crippen molar-refractivity contribution in [3.63, 3.8) is 0 Å². The summed E-state index contributed by atoms with van der Waals surface area (Å²) < 4.78 is 20.7. The molecule has 0 radical (unpaired) electrons. The molecule has 0 saturated carbocycles. The Hall–Kier alpha value is -1.92. The number of halogens is 2. The number of carboxylic acid groups (broad SMARTS) is 1. The molecule has 1 aliphatic rings. The van der Waals surface area contributed by atoms with Gasteiger partial charge in [-0.25, -0.2) is 13.9 Å². The van der Waals surface area contributed by atoms with E-state index in [4.69, 9.17) is 16.3 Å². The maximum atomic E-state index is 14.1. The summed E-state index contributed by atoms with van der Waals surface area (Å²) in [5.41, 5.74) is 1.17. The minimum absolute atomic E-state index is 0.0318. The van der Waals surface area contributed by atoms with Gasteiger partial charge in [-0.15, -0.1) is 0 Å². The van der Waals surface area contributed by atoms with Crippen LogP contribution in [0.15, 0.2) is 18.2 Å². The van der Waals surface area contributed by atoms with Crippen LogP contribution in [0.2, 0.25) is 5.02 Å². The number of aromatic nitrogens is 2. The van der Waals surface area contributed by atoms with Crippen molar-refractivity contribution < 1.29 is 19.0 Å². The van der Waals surface area contributed by atoms with Crippen molar-refractivity contribution in [1.29, 1.82) is 0 Å². The van der Waals surface area contributed by atoms with Gasteiger partial charge >= 0.3 is 5.97 Å². The van der Waals surface area contributed by atoms with E-state index in [-0.39, 0.29) is 23.0 Å². The second kappa shape index (κ2) is 4.88. The van der Waals surface area contributed by atoms with Crippen LogP contribution >= 0.6 is 11.6 Å². The fourth-order valence-corrected chi connectivity index (χ4v) is 2.43. The van der Waals surface area contributed by atoms with Crippen LogP contribution in [-0.2, 0) is 17.8 Å². The minimum atomic E-state index is -1.16. The van der Waals surface area contributed by atoms with E-state index >= 15 is 0 Å². The average Bonchev–Trinajstić information content (AvgIpc) is 2.82. The van der Waals surface area contributed by atoms with Gasteiger partial charge in [-0.2, -0.15) is 5.10 Å². The molecule has 20 heavy (non-hydrogen) atoms. The van der Waals surface area contributed by atoms with Gasteiger partial charge in [0.1, 0.15) is 5.69 Å². The van der Waals surface area contributed by atoms with Crippen LogP contribution in [0.1, 0.15) is 21.7 Å². The molecule has 0 amide bonds. The lowest BCUT2D eigenvalue weighted by molar-refractivity contribution is 0.0677. The Kier molecular flexibility index (Phi) is 3.19. The Morgan fingerprint density at radius 1 is 1.50 bits per heavy atom. The first-order valence-corrected chi connectivity index (χ1v) is 6.33. The highest BCUT2D eigenvalue weighted by Gasteiger charge is 2.26. The molecule has 1 aromatic carbocycles. The zero-order valence-corrected chi connectivity index (χ0v) is 11.0. The lowest BCUT2D eigenvalue weighted by atomic mass is 10.1. The molecular weight excluding hydrogens is 287 g/mol. The van der Waals surface area contributed by atoms with E-state index in [1.54, 1.807) is 6.07 Å². The molecule has 1 aromatic heterocycles. The summed E-state index contributed by atoms with van der Waals surface area (Å²) in [6.45, 7) is 0.610. The van der Waals surface area contributed by atoms with Crippen molar-refractivity contribution in [2.24, 2.45) is 0 Å². The number of ether oxygens (including phenoxy) is 1. The lowest BCUT2D eigenvalue weighted by Crippen LogP contribution is -2.14. The maximum Gasteiger partial charge on any atom is 0.356 e. The molecule has 0 saturated heterocycles. The molecule has 1 aliphatic heterocycles. The summed E-state index contributed by atoms with van der Waals surface area (Å²) >= 11 is 5.76. The zero-order valence-electron chi connectivity index (χ0n) is 10.3. The molecule has 3 rings (SSSR count). The molecule has 0 atom stereocenters. The second-order valence-electron chi connectivity index (χ2n) is 4.37. The number of carboxylic acids is 1. The Balaban J connectivity index is 2.24. The van der Waals surface area contributed by atoms with Crippen LogP contribution in [-0.4, -0.2) is 27.5 Å². The first-order chi connectivity index (χ1) is 9.59. The van der Waals surface area contributed by atoms with Gasteiger partial charge in [-0.1, -0.05) is 17.7 Å². The Morgan fingerprint density at radius 2 is 2.30 bits per heavy atom. The number of nitrogens with zero attached hydrogens (tertiary/aromatic N) is 2. The number of hydrogen-bond acceptors (Lipinski definition) is 3. The molecule has 104 valence electrons. The third-order valence-corrected chi connectivity index (χ3v) is 3.47. The van der Waals surface area contributed by atoms with Gasteiger partial charge in [-0.3, -0.25) is 0 Å². The number of hydrogen-bond donors (Lipinski definition) is 1. The topological polar surface area (TPSA) is 64.3 Å². The van der Waals surface area contributed by atoms with E-state index in [2.05, 4.69) is 5.10 Å². The van der Waals surface area contributed by atoms with Gasteiger partial charge < -0.3 is 9.84 Å². The number of benzene rings is 1. The fraction of sp³-hybridized carbons (Fsp3) is 0.231. The highest BCUT2D eigenvalue weighted by Crippen LogP contribution is 2.27. The predicted octanol–water partition coefficient (Wildman–Crippen LogP) is 2.44. The van der Waals surface area contributed by atoms with E-state index < -0.39 is 11.8 Å². The number of rotatable bonds is 2. The van der Waals surface area contributed by atoms with Crippen LogP contribution < -0.4 is 0 Å². The molecule has 1 N–H and O–H groups in total. The van der Waals surface area contributed by atoms with Crippen LogP contribution in [0.4, 0.5) is 4.39 Å². The summed E-state index contributed by atoms with van der Waals surface area (Å²) in [5.74, 6) is -1.78. The average molecular weight is 297 g/mol. The Bertz CT molecular complexity index is 699. The summed E-state index contributed by atoms with van der Waals surface area (Å²) in [5, 5.41) is 13.1. The van der Waals surface area contributed by atoms with Gasteiger partial charge in [-0.05, 0) is 12.1 Å². The first kappa shape index (κ1) is 13.1. The fourth-order valence-electron chi connectivity index (χ4n) is 2.26. The van der Waals surface area contributed by atoms with Gasteiger partial charge in [0.25, 0.3) is 0 Å². The lowest BCUT2D eigenvalue weighted by Gasteiger charge is -2.15. The second-order valence-corrected chi connectivity index (χ2v) is 4.77. The van der Waals surface area contributed by atoms with Crippen molar-refractivity contribution in [2.75, 3.05) is 6.61 Å². The SMILES string of the molecule is O=C(O)c1nn(-c2cccc(Cl)c2F)c2c1COCC2. The van der Waals surface area contributed by atoms with Crippen molar-refractivity contribution in [1.82, 2.24) is 9.78 Å². The zero-order chi connectivity index (χ0) is 14.3. The normalized spacial score (nSPS) is 14.1. The van der Waals surface area contributed by atoms with E-state index in [1.165, 1.54) is 16.8 Å². The molecule has 2 heterocycles. The van der Waals surface area contributed by atoms with Gasteiger partial charge in [0.15, 0.2) is 11.5 Å². The molecule has 5 nitrogen and oxygen atoms in total. The van der Waals surface area contributed by atoms with Gasteiger partial charge in [0.2, 0.25) is 0 Å². The van der Waals surface area contributed by atoms with E-state index in [0.29, 0.717) is 24.3 Å². The monoisotopic (exact) mass is 296 g/mol. The third-order valence-electron chi connectivity index (χ3n) is 3.18. The van der Waals surface area contributed by atoms with E-state index in [9.17, 15) is 14.3 Å². The third kappa shape index (κ3) is 1.97. The van der Waals surface area contributed by atoms with Crippen molar-refractivity contribution >= 4 is 17.6 Å². The number of carbonyl (C=O) groups is 1. The van der Waals surface area contributed by atoms with Gasteiger partial charge in [0, 0.05) is 12.0 Å². The van der Waals surface area contributed by atoms with Crippen LogP contribution in [0.25, 0.3) is 5.69 Å². The van der Waals surface area contributed by atoms with Gasteiger partial charge in [0.05, 0.1) is 23.9 Å². The van der Waals surface area contributed by atoms with E-state index in [1.807, 2.05) is 0 Å². The molecule has 0 aliphatic carbocycles. The van der Waals surface area contributed by atoms with E-state index in [0.717, 1.165) is 0 Å². The maximum absolute atomic E-state index is 14.1. The quantitative estimate of drug-likeness (QED) is 0.924. The minimum Gasteiger partial charge on any atom is -0.476 e. The summed E-state index contributed by atoms with van der Waals surface area (Å²) in [6.07, 6.45) is 0.474. The molecule has 2 aromatic rings. The summed E-state index contributed by atoms with van der Waals surface area (Å²) in [6, 6.07) is 4.53. The smallest absolute Gasteiger partial charge is 0.356 e. The predicted molar refractivity (Wildman–Crippen MR) is 68.9 cm³/mol. The van der Waals surface area contributed by atoms with Crippen LogP contribution in [0, 0.1) is 5.82 Å². The van der Waals surface area contributed by atoms with Crippen LogP contribution in [0.3, 0.4) is 0 Å². The molecule has 0 unspecified atom stereocenters. The summed E-state index contributed by atoms with van der Waals surface area (Å²) in [7, 11) is 0. The summed E-state index contributed by atoms with van der Waals surface area (Å²) in [4.78, 5) is 11.2. The largest absolute Gasteiger partial charge is 0.476 e. The molecule has 0 spiro atoms. The Labute approximate surface area is 118 Å². The highest BCUT2D eigenvalue weighted by atomic mass is 35.5. The molecule has 7 heteroatoms. The van der Waals surface area contributed by atoms with Crippen molar-refractivity contribution in [3.05, 3.63) is 46.0 Å². The Morgan fingerprint density at radius 3 is 3.05 bits per heavy atom. The molecular formula is C13H10ClFN2O3. The molecule has 0 bridgehead atoms. The van der Waals surface area contributed by atoms with Crippen molar-refractivity contribution in [2.45, 2.75) is 13.0 Å². The van der Waals surface area contributed by atoms with Crippen LogP contribution in [0.5, 0.6) is 0 Å². The molecule has 0 fully saturated rings. The van der Waals surface area contributed by atoms with Crippen molar-refractivity contribution in [3.8, 4) is 5.69 Å². The highest BCUT2D eigenvalue weighted by molar-refractivity contribution is 6.30. The first-order valence-electron chi connectivity index (χ1n) is 5.95.